The molecule has 2 heteroatoms. The van der Waals surface area contributed by atoms with Crippen LogP contribution in [0.2, 0.25) is 0 Å². The molecule has 0 aromatic carbocycles. The maximum atomic E-state index is 10.3. The number of rotatable bonds is 1. The van der Waals surface area contributed by atoms with Crippen molar-refractivity contribution in [3.63, 3.8) is 0 Å². The number of carbonyl (C=O) groups excluding carboxylic acids is 1. The molecule has 0 aromatic rings. The van der Waals surface area contributed by atoms with E-state index in [1.165, 1.54) is 6.08 Å². The number of aldehydes is 1. The fourth-order valence-corrected chi connectivity index (χ4v) is 0.924. The lowest BCUT2D eigenvalue weighted by Crippen LogP contribution is -2.16. The van der Waals surface area contributed by atoms with Crippen LogP contribution in [0.1, 0.15) is 6.92 Å². The second kappa shape index (κ2) is 2.84. The number of aliphatic hydroxyl groups is 1. The molecule has 11 heavy (non-hydrogen) atoms. The highest BCUT2D eigenvalue weighted by Gasteiger charge is 2.13. The third kappa shape index (κ3) is 2.16. The van der Waals surface area contributed by atoms with Crippen molar-refractivity contribution in [1.82, 2.24) is 0 Å². The molecule has 1 unspecified atom stereocenters. The Hall–Kier alpha value is -1.15. The summed E-state index contributed by atoms with van der Waals surface area (Å²) < 4.78 is 0. The molecular formula is C9H10O2. The van der Waals surface area contributed by atoms with Crippen molar-refractivity contribution < 1.29 is 9.90 Å². The van der Waals surface area contributed by atoms with Gasteiger partial charge in [0.05, 0.1) is 5.60 Å². The fourth-order valence-electron chi connectivity index (χ4n) is 0.924. The lowest BCUT2D eigenvalue weighted by atomic mass is 10.0. The van der Waals surface area contributed by atoms with Crippen LogP contribution in [0.4, 0.5) is 0 Å². The lowest BCUT2D eigenvalue weighted by Gasteiger charge is -2.12. The topological polar surface area (TPSA) is 37.3 Å². The minimum atomic E-state index is -1.00. The molecule has 0 fully saturated rings. The summed E-state index contributed by atoms with van der Waals surface area (Å²) in [5.74, 6) is 0. The average molecular weight is 150 g/mol. The van der Waals surface area contributed by atoms with Crippen LogP contribution in [-0.2, 0) is 4.79 Å². The van der Waals surface area contributed by atoms with Crippen molar-refractivity contribution in [3.05, 3.63) is 36.0 Å². The molecular weight excluding hydrogens is 140 g/mol. The SMILES string of the molecule is CC1(O)C=CC=CC(C=O)=C1. The molecule has 0 spiro atoms. The second-order valence-electron chi connectivity index (χ2n) is 2.71. The van der Waals surface area contributed by atoms with Crippen LogP contribution >= 0.6 is 0 Å². The van der Waals surface area contributed by atoms with Gasteiger partial charge in [0.2, 0.25) is 0 Å². The van der Waals surface area contributed by atoms with E-state index in [4.69, 9.17) is 0 Å². The molecule has 1 aliphatic carbocycles. The summed E-state index contributed by atoms with van der Waals surface area (Å²) in [5.41, 5.74) is -0.500. The van der Waals surface area contributed by atoms with E-state index in [2.05, 4.69) is 0 Å². The molecule has 0 aliphatic heterocycles. The average Bonchev–Trinajstić information content (AvgIpc) is 2.10. The number of hydrogen-bond acceptors (Lipinski definition) is 2. The summed E-state index contributed by atoms with van der Waals surface area (Å²) >= 11 is 0. The van der Waals surface area contributed by atoms with Crippen molar-refractivity contribution in [3.8, 4) is 0 Å². The molecule has 0 heterocycles. The first-order chi connectivity index (χ1) is 5.14. The van der Waals surface area contributed by atoms with Crippen molar-refractivity contribution in [2.45, 2.75) is 12.5 Å². The van der Waals surface area contributed by atoms with E-state index in [0.29, 0.717) is 5.57 Å². The van der Waals surface area contributed by atoms with Gasteiger partial charge in [-0.3, -0.25) is 4.79 Å². The molecule has 1 aliphatic rings. The van der Waals surface area contributed by atoms with Crippen molar-refractivity contribution >= 4 is 6.29 Å². The Morgan fingerprint density at radius 1 is 1.55 bits per heavy atom. The van der Waals surface area contributed by atoms with Gasteiger partial charge in [-0.2, -0.15) is 0 Å². The van der Waals surface area contributed by atoms with Gasteiger partial charge in [0.1, 0.15) is 6.29 Å². The van der Waals surface area contributed by atoms with Crippen LogP contribution in [0.3, 0.4) is 0 Å². The molecule has 0 amide bonds. The predicted molar refractivity (Wildman–Crippen MR) is 43.1 cm³/mol. The molecule has 2 nitrogen and oxygen atoms in total. The maximum Gasteiger partial charge on any atom is 0.149 e. The smallest absolute Gasteiger partial charge is 0.149 e. The monoisotopic (exact) mass is 150 g/mol. The van der Waals surface area contributed by atoms with Gasteiger partial charge in [-0.15, -0.1) is 0 Å². The first kappa shape index (κ1) is 7.95. The van der Waals surface area contributed by atoms with E-state index < -0.39 is 5.60 Å². The van der Waals surface area contributed by atoms with E-state index >= 15 is 0 Å². The van der Waals surface area contributed by atoms with Gasteiger partial charge < -0.3 is 5.11 Å². The minimum Gasteiger partial charge on any atom is -0.382 e. The first-order valence-corrected chi connectivity index (χ1v) is 3.40. The Morgan fingerprint density at radius 2 is 2.27 bits per heavy atom. The zero-order valence-electron chi connectivity index (χ0n) is 6.32. The van der Waals surface area contributed by atoms with E-state index in [1.807, 2.05) is 0 Å². The molecule has 1 rings (SSSR count). The standard InChI is InChI=1S/C9H10O2/c1-9(11)5-3-2-4-8(6-9)7-10/h2-7,11H,1H3. The Balaban J connectivity index is 2.99. The van der Waals surface area contributed by atoms with Gasteiger partial charge in [0.25, 0.3) is 0 Å². The highest BCUT2D eigenvalue weighted by atomic mass is 16.3. The summed E-state index contributed by atoms with van der Waals surface area (Å²) in [6.07, 6.45) is 8.96. The quantitative estimate of drug-likeness (QED) is 0.566. The zero-order valence-corrected chi connectivity index (χ0v) is 6.32. The van der Waals surface area contributed by atoms with Crippen LogP contribution < -0.4 is 0 Å². The van der Waals surface area contributed by atoms with E-state index in [9.17, 15) is 9.90 Å². The Bertz CT molecular complexity index is 244. The van der Waals surface area contributed by atoms with Gasteiger partial charge in [-0.1, -0.05) is 18.2 Å². The molecule has 0 saturated heterocycles. The summed E-state index contributed by atoms with van der Waals surface area (Å²) in [5, 5.41) is 9.49. The van der Waals surface area contributed by atoms with Gasteiger partial charge in [-0.05, 0) is 19.1 Å². The van der Waals surface area contributed by atoms with Crippen molar-refractivity contribution in [2.75, 3.05) is 0 Å². The number of hydrogen-bond donors (Lipinski definition) is 1. The molecule has 0 aromatic heterocycles. The number of carbonyl (C=O) groups is 1. The predicted octanol–water partition coefficient (Wildman–Crippen LogP) is 0.989. The third-order valence-corrected chi connectivity index (χ3v) is 1.43. The summed E-state index contributed by atoms with van der Waals surface area (Å²) in [6.45, 7) is 1.62. The molecule has 58 valence electrons. The van der Waals surface area contributed by atoms with Crippen molar-refractivity contribution in [2.24, 2.45) is 0 Å². The van der Waals surface area contributed by atoms with Crippen LogP contribution in [0.15, 0.2) is 36.0 Å². The molecule has 1 N–H and O–H groups in total. The van der Waals surface area contributed by atoms with Gasteiger partial charge >= 0.3 is 0 Å². The Labute approximate surface area is 65.5 Å². The summed E-state index contributed by atoms with van der Waals surface area (Å²) in [4.78, 5) is 10.3. The Kier molecular flexibility index (Phi) is 2.06. The zero-order chi connectivity index (χ0) is 8.32. The van der Waals surface area contributed by atoms with Crippen LogP contribution in [0.25, 0.3) is 0 Å². The normalized spacial score (nSPS) is 29.5. The number of allylic oxidation sites excluding steroid dienone is 4. The van der Waals surface area contributed by atoms with Crippen LogP contribution in [0.5, 0.6) is 0 Å². The van der Waals surface area contributed by atoms with Gasteiger partial charge in [0, 0.05) is 5.57 Å². The summed E-state index contributed by atoms with van der Waals surface area (Å²) in [6, 6.07) is 0. The highest BCUT2D eigenvalue weighted by molar-refractivity contribution is 5.78. The fraction of sp³-hybridized carbons (Fsp3) is 0.222. The molecule has 0 bridgehead atoms. The van der Waals surface area contributed by atoms with Crippen molar-refractivity contribution in [1.29, 1.82) is 0 Å². The van der Waals surface area contributed by atoms with E-state index in [0.717, 1.165) is 6.29 Å². The Morgan fingerprint density at radius 3 is 2.91 bits per heavy atom. The second-order valence-corrected chi connectivity index (χ2v) is 2.71. The van der Waals surface area contributed by atoms with Crippen LogP contribution in [-0.4, -0.2) is 17.0 Å². The molecule has 0 saturated carbocycles. The minimum absolute atomic E-state index is 0.500. The largest absolute Gasteiger partial charge is 0.382 e. The van der Waals surface area contributed by atoms with Crippen LogP contribution in [0, 0.1) is 0 Å². The van der Waals surface area contributed by atoms with Gasteiger partial charge in [-0.25, -0.2) is 0 Å². The molecule has 1 atom stereocenters. The highest BCUT2D eigenvalue weighted by Crippen LogP contribution is 2.13. The third-order valence-electron chi connectivity index (χ3n) is 1.43. The lowest BCUT2D eigenvalue weighted by molar-refractivity contribution is -0.104. The van der Waals surface area contributed by atoms with E-state index in [1.54, 1.807) is 31.2 Å². The van der Waals surface area contributed by atoms with E-state index in [-0.39, 0.29) is 0 Å². The van der Waals surface area contributed by atoms with Gasteiger partial charge in [0.15, 0.2) is 0 Å². The first-order valence-electron chi connectivity index (χ1n) is 3.40. The maximum absolute atomic E-state index is 10.3. The summed E-state index contributed by atoms with van der Waals surface area (Å²) in [7, 11) is 0. The molecule has 0 radical (unpaired) electrons.